The first-order valence-corrected chi connectivity index (χ1v) is 17.2. The zero-order valence-electron chi connectivity index (χ0n) is 30.4. The normalized spacial score (nSPS) is 15.2. The molecule has 3 heterocycles. The molecule has 306 valence electrons. The first-order valence-electron chi connectivity index (χ1n) is 17.2. The topological polar surface area (TPSA) is 293 Å². The first kappa shape index (κ1) is 44.2. The van der Waals surface area contributed by atoms with E-state index in [1.807, 2.05) is 0 Å². The molecule has 4 atom stereocenters. The predicted octanol–water partition coefficient (Wildman–Crippen LogP) is -5.12. The SMILES string of the molecule is C=CCOCC(O)COC(=O)CCn1c(=O)n(CCC(=O)OC)c(=O)n(CCC(=O)OCC(O)Cn2c(=O)n(CC(O)CC)c(=O)n(CC3CO3)c2=O)c1=O. The molecule has 4 unspecified atom stereocenters. The van der Waals surface area contributed by atoms with Gasteiger partial charge in [-0.15, -0.1) is 6.58 Å². The maximum absolute atomic E-state index is 13.3. The molecule has 1 fully saturated rings. The van der Waals surface area contributed by atoms with Gasteiger partial charge in [0.05, 0.1) is 78.0 Å². The second kappa shape index (κ2) is 21.0. The zero-order chi connectivity index (χ0) is 40.8. The summed E-state index contributed by atoms with van der Waals surface area (Å²) >= 11 is 0. The van der Waals surface area contributed by atoms with E-state index in [2.05, 4.69) is 11.3 Å². The van der Waals surface area contributed by atoms with E-state index in [9.17, 15) is 58.5 Å². The molecular weight excluding hydrogens is 740 g/mol. The van der Waals surface area contributed by atoms with Crippen LogP contribution in [0.4, 0.5) is 0 Å². The van der Waals surface area contributed by atoms with Crippen LogP contribution in [0, 0.1) is 0 Å². The highest BCUT2D eigenvalue weighted by Crippen LogP contribution is 2.09. The van der Waals surface area contributed by atoms with Crippen molar-refractivity contribution in [2.75, 3.05) is 40.1 Å². The number of nitrogens with zero attached hydrogens (tertiary/aromatic N) is 6. The summed E-state index contributed by atoms with van der Waals surface area (Å²) in [6.07, 6.45) is -4.38. The Balaban J connectivity index is 1.73. The summed E-state index contributed by atoms with van der Waals surface area (Å²) in [4.78, 5) is 115. The van der Waals surface area contributed by atoms with Gasteiger partial charge in [-0.3, -0.25) is 14.4 Å². The van der Waals surface area contributed by atoms with Crippen LogP contribution in [0.2, 0.25) is 0 Å². The lowest BCUT2D eigenvalue weighted by Gasteiger charge is -2.17. The van der Waals surface area contributed by atoms with E-state index in [0.717, 1.165) is 11.7 Å². The van der Waals surface area contributed by atoms with E-state index in [4.69, 9.17) is 18.9 Å². The average Bonchev–Trinajstić information content (AvgIpc) is 3.99. The molecule has 0 bridgehead atoms. The number of aromatic nitrogens is 6. The Kier molecular flexibility index (Phi) is 16.9. The lowest BCUT2D eigenvalue weighted by atomic mass is 10.3. The summed E-state index contributed by atoms with van der Waals surface area (Å²) < 4.78 is 28.2. The quantitative estimate of drug-likeness (QED) is 0.0295. The van der Waals surface area contributed by atoms with Gasteiger partial charge >= 0.3 is 52.0 Å². The van der Waals surface area contributed by atoms with Crippen LogP contribution in [0.3, 0.4) is 0 Å². The van der Waals surface area contributed by atoms with Crippen molar-refractivity contribution in [3.05, 3.63) is 75.6 Å². The number of epoxide rings is 1. The zero-order valence-corrected chi connectivity index (χ0v) is 30.4. The van der Waals surface area contributed by atoms with Gasteiger partial charge in [0.2, 0.25) is 0 Å². The van der Waals surface area contributed by atoms with Crippen molar-refractivity contribution in [2.45, 2.75) is 96.3 Å². The van der Waals surface area contributed by atoms with Crippen molar-refractivity contribution in [3.8, 4) is 0 Å². The molecule has 2 aromatic rings. The van der Waals surface area contributed by atoms with Crippen LogP contribution >= 0.6 is 0 Å². The molecule has 55 heavy (non-hydrogen) atoms. The van der Waals surface area contributed by atoms with E-state index in [1.165, 1.54) is 6.08 Å². The number of aliphatic hydroxyl groups is 3. The molecule has 0 aromatic carbocycles. The summed E-state index contributed by atoms with van der Waals surface area (Å²) in [5.74, 6) is -2.76. The van der Waals surface area contributed by atoms with Crippen LogP contribution in [0.15, 0.2) is 41.4 Å². The van der Waals surface area contributed by atoms with Crippen LogP contribution in [-0.4, -0.2) is 125 Å². The van der Waals surface area contributed by atoms with Crippen molar-refractivity contribution in [3.63, 3.8) is 0 Å². The molecule has 1 saturated heterocycles. The van der Waals surface area contributed by atoms with Gasteiger partial charge in [0.25, 0.3) is 0 Å². The van der Waals surface area contributed by atoms with Crippen LogP contribution in [0.1, 0.15) is 32.6 Å². The Morgan fingerprint density at radius 2 is 1.11 bits per heavy atom. The number of rotatable bonds is 24. The number of hydrogen-bond donors (Lipinski definition) is 3. The van der Waals surface area contributed by atoms with Crippen LogP contribution in [0.5, 0.6) is 0 Å². The fraction of sp³-hybridized carbons (Fsp3) is 0.656. The second-order valence-electron chi connectivity index (χ2n) is 12.3. The Morgan fingerprint density at radius 1 is 0.691 bits per heavy atom. The lowest BCUT2D eigenvalue weighted by Crippen LogP contribution is -2.56. The van der Waals surface area contributed by atoms with E-state index in [1.54, 1.807) is 6.92 Å². The molecule has 0 spiro atoms. The number of methoxy groups -OCH3 is 1. The molecule has 3 N–H and O–H groups in total. The summed E-state index contributed by atoms with van der Waals surface area (Å²) in [7, 11) is 1.08. The van der Waals surface area contributed by atoms with Crippen molar-refractivity contribution in [1.82, 2.24) is 27.4 Å². The summed E-state index contributed by atoms with van der Waals surface area (Å²) in [5, 5.41) is 30.5. The van der Waals surface area contributed by atoms with Crippen molar-refractivity contribution in [1.29, 1.82) is 0 Å². The van der Waals surface area contributed by atoms with Gasteiger partial charge in [-0.05, 0) is 6.42 Å². The molecule has 23 heteroatoms. The third kappa shape index (κ3) is 12.7. The Labute approximate surface area is 310 Å². The molecule has 0 aliphatic carbocycles. The van der Waals surface area contributed by atoms with Gasteiger partial charge in [-0.25, -0.2) is 56.2 Å². The van der Waals surface area contributed by atoms with E-state index in [0.29, 0.717) is 22.8 Å². The Hall–Kier alpha value is -5.23. The highest BCUT2D eigenvalue weighted by molar-refractivity contribution is 5.69. The molecule has 0 saturated carbocycles. The maximum atomic E-state index is 13.3. The standard InChI is InChI=1S/C32H46N6O17/c1-4-12-52-16-22(41)18-55-26(44)8-11-35-28(46)33(9-6-24(42)51-3)27(45)34(29(35)47)10-7-25(43)54-17-21(40)14-37-30(48)36(13-20(39)5-2)31(49)38(32(37)50)15-23-19-53-23/h4,20-23,39-41H,1,5-19H2,2-3H3. The lowest BCUT2D eigenvalue weighted by molar-refractivity contribution is -0.148. The van der Waals surface area contributed by atoms with E-state index >= 15 is 0 Å². The van der Waals surface area contributed by atoms with Gasteiger partial charge < -0.3 is 39.0 Å². The van der Waals surface area contributed by atoms with Gasteiger partial charge in [0.1, 0.15) is 25.4 Å². The summed E-state index contributed by atoms with van der Waals surface area (Å²) in [6.45, 7) is 1.02. The highest BCUT2D eigenvalue weighted by atomic mass is 16.6. The number of hydrogen-bond acceptors (Lipinski definition) is 17. The van der Waals surface area contributed by atoms with Crippen molar-refractivity contribution >= 4 is 17.9 Å². The van der Waals surface area contributed by atoms with Crippen LogP contribution < -0.4 is 34.1 Å². The molecule has 1 aliphatic rings. The molecule has 1 aliphatic heterocycles. The van der Waals surface area contributed by atoms with Gasteiger partial charge in [0, 0.05) is 19.6 Å². The monoisotopic (exact) mass is 786 g/mol. The fourth-order valence-electron chi connectivity index (χ4n) is 4.96. The molecule has 0 amide bonds. The third-order valence-electron chi connectivity index (χ3n) is 8.08. The Morgan fingerprint density at radius 3 is 1.55 bits per heavy atom. The van der Waals surface area contributed by atoms with Gasteiger partial charge in [-0.2, -0.15) is 0 Å². The summed E-state index contributed by atoms with van der Waals surface area (Å²) in [6, 6.07) is 0. The van der Waals surface area contributed by atoms with Gasteiger partial charge in [-0.1, -0.05) is 13.0 Å². The highest BCUT2D eigenvalue weighted by Gasteiger charge is 2.28. The number of ether oxygens (including phenoxy) is 5. The minimum absolute atomic E-state index is 0.153. The molecule has 23 nitrogen and oxygen atoms in total. The Bertz CT molecular complexity index is 2040. The van der Waals surface area contributed by atoms with E-state index in [-0.39, 0.29) is 32.8 Å². The number of esters is 3. The van der Waals surface area contributed by atoms with Crippen LogP contribution in [-0.2, 0) is 77.3 Å². The number of aliphatic hydroxyl groups excluding tert-OH is 3. The molecule has 0 radical (unpaired) electrons. The average molecular weight is 787 g/mol. The van der Waals surface area contributed by atoms with Crippen molar-refractivity contribution in [2.24, 2.45) is 0 Å². The smallest absolute Gasteiger partial charge is 0.336 e. The third-order valence-corrected chi connectivity index (χ3v) is 8.08. The van der Waals surface area contributed by atoms with E-state index < -0.39 is 142 Å². The largest absolute Gasteiger partial charge is 0.469 e. The predicted molar refractivity (Wildman–Crippen MR) is 185 cm³/mol. The minimum atomic E-state index is -1.66. The van der Waals surface area contributed by atoms with Crippen molar-refractivity contribution < 1.29 is 53.4 Å². The molecule has 2 aromatic heterocycles. The number of carbonyl (C=O) groups excluding carboxylic acids is 3. The van der Waals surface area contributed by atoms with Crippen LogP contribution in [0.25, 0.3) is 0 Å². The minimum Gasteiger partial charge on any atom is -0.469 e. The first-order chi connectivity index (χ1) is 26.1. The molecular formula is C32H46N6O17. The number of carbonyl (C=O) groups is 3. The van der Waals surface area contributed by atoms with Gasteiger partial charge in [0.15, 0.2) is 0 Å². The second-order valence-corrected chi connectivity index (χ2v) is 12.3. The fourth-order valence-corrected chi connectivity index (χ4v) is 4.96. The maximum Gasteiger partial charge on any atom is 0.336 e. The summed E-state index contributed by atoms with van der Waals surface area (Å²) in [5.41, 5.74) is -6.71. The molecule has 3 rings (SSSR count).